The number of aryl methyl sites for hydroxylation is 1. The molecule has 0 atom stereocenters. The van der Waals surface area contributed by atoms with Gasteiger partial charge in [0.1, 0.15) is 0 Å². The Morgan fingerprint density at radius 3 is 2.65 bits per heavy atom. The minimum atomic E-state index is 0.0514. The molecule has 3 aromatic rings. The first-order valence-electron chi connectivity index (χ1n) is 6.79. The van der Waals surface area contributed by atoms with Crippen LogP contribution in [0.15, 0.2) is 60.8 Å². The standard InChI is InChI=1S/C16H14BN3/c1-12-6-8-13(9-7-12)17-19-15-5-3-2-4-14(15)16-10-11-18-20(16)17/h2-11,19H,1H3. The van der Waals surface area contributed by atoms with Crippen molar-refractivity contribution in [3.8, 4) is 11.3 Å². The van der Waals surface area contributed by atoms with Crippen molar-refractivity contribution in [1.29, 1.82) is 0 Å². The second-order valence-corrected chi connectivity index (χ2v) is 5.16. The summed E-state index contributed by atoms with van der Waals surface area (Å²) in [6.07, 6.45) is 1.86. The lowest BCUT2D eigenvalue weighted by Gasteiger charge is -2.26. The summed E-state index contributed by atoms with van der Waals surface area (Å²) in [6, 6.07) is 19.0. The monoisotopic (exact) mass is 259 g/mol. The number of para-hydroxylation sites is 1. The third-order valence-corrected chi connectivity index (χ3v) is 3.80. The Kier molecular flexibility index (Phi) is 2.42. The molecule has 0 saturated carbocycles. The summed E-state index contributed by atoms with van der Waals surface area (Å²) >= 11 is 0. The fourth-order valence-electron chi connectivity index (χ4n) is 2.75. The van der Waals surface area contributed by atoms with Crippen LogP contribution in [0.5, 0.6) is 0 Å². The van der Waals surface area contributed by atoms with Crippen molar-refractivity contribution < 1.29 is 0 Å². The molecule has 1 aromatic heterocycles. The van der Waals surface area contributed by atoms with E-state index < -0.39 is 0 Å². The number of fused-ring (bicyclic) bond motifs is 3. The molecule has 0 amide bonds. The number of aromatic nitrogens is 2. The SMILES string of the molecule is Cc1ccc(B2Nc3ccccc3-c3ccnn32)cc1. The second kappa shape index (κ2) is 4.27. The summed E-state index contributed by atoms with van der Waals surface area (Å²) in [6.45, 7) is 2.16. The number of nitrogens with zero attached hydrogens (tertiary/aromatic N) is 2. The van der Waals surface area contributed by atoms with Crippen LogP contribution in [0, 0.1) is 6.92 Å². The maximum absolute atomic E-state index is 4.49. The molecule has 96 valence electrons. The Bertz CT molecular complexity index is 761. The Morgan fingerprint density at radius 1 is 1.00 bits per heavy atom. The summed E-state index contributed by atoms with van der Waals surface area (Å²) < 4.78 is 2.05. The van der Waals surface area contributed by atoms with Crippen LogP contribution in [0.3, 0.4) is 0 Å². The molecular formula is C16H14BN3. The first-order valence-corrected chi connectivity index (χ1v) is 6.79. The van der Waals surface area contributed by atoms with Crippen molar-refractivity contribution in [2.45, 2.75) is 6.92 Å². The maximum Gasteiger partial charge on any atom is 0.430 e. The van der Waals surface area contributed by atoms with Gasteiger partial charge in [0.25, 0.3) is 0 Å². The molecule has 1 aliphatic heterocycles. The number of hydrogen-bond acceptors (Lipinski definition) is 2. The molecule has 3 nitrogen and oxygen atoms in total. The van der Waals surface area contributed by atoms with Crippen LogP contribution in [-0.4, -0.2) is 16.7 Å². The average molecular weight is 259 g/mol. The number of hydrogen-bond donors (Lipinski definition) is 1. The number of anilines is 1. The van der Waals surface area contributed by atoms with E-state index in [0.29, 0.717) is 0 Å². The summed E-state index contributed by atoms with van der Waals surface area (Å²) in [4.78, 5) is 0. The van der Waals surface area contributed by atoms with E-state index in [0.717, 1.165) is 11.4 Å². The van der Waals surface area contributed by atoms with Gasteiger partial charge in [-0.05, 0) is 24.5 Å². The third-order valence-electron chi connectivity index (χ3n) is 3.80. The van der Waals surface area contributed by atoms with Gasteiger partial charge in [0.15, 0.2) is 0 Å². The highest BCUT2D eigenvalue weighted by Crippen LogP contribution is 2.31. The molecule has 2 heterocycles. The molecular weight excluding hydrogens is 245 g/mol. The van der Waals surface area contributed by atoms with E-state index in [4.69, 9.17) is 0 Å². The molecule has 2 aromatic carbocycles. The highest BCUT2D eigenvalue weighted by Gasteiger charge is 2.29. The summed E-state index contributed by atoms with van der Waals surface area (Å²) in [7, 11) is 0. The van der Waals surface area contributed by atoms with E-state index in [-0.39, 0.29) is 6.98 Å². The average Bonchev–Trinajstić information content (AvgIpc) is 2.97. The Morgan fingerprint density at radius 2 is 1.80 bits per heavy atom. The van der Waals surface area contributed by atoms with Gasteiger partial charge in [-0.3, -0.25) is 4.59 Å². The highest BCUT2D eigenvalue weighted by atomic mass is 15.3. The fraction of sp³-hybridized carbons (Fsp3) is 0.0625. The predicted molar refractivity (Wildman–Crippen MR) is 83.3 cm³/mol. The van der Waals surface area contributed by atoms with Crippen LogP contribution < -0.4 is 10.7 Å². The maximum atomic E-state index is 4.49. The molecule has 0 radical (unpaired) electrons. The number of benzene rings is 2. The van der Waals surface area contributed by atoms with Crippen LogP contribution in [0.25, 0.3) is 11.3 Å². The van der Waals surface area contributed by atoms with E-state index in [1.165, 1.54) is 16.6 Å². The second-order valence-electron chi connectivity index (χ2n) is 5.16. The molecule has 0 unspecified atom stereocenters. The van der Waals surface area contributed by atoms with Crippen LogP contribution >= 0.6 is 0 Å². The van der Waals surface area contributed by atoms with E-state index in [9.17, 15) is 0 Å². The number of rotatable bonds is 1. The van der Waals surface area contributed by atoms with Gasteiger partial charge in [-0.2, -0.15) is 5.10 Å². The molecule has 0 saturated heterocycles. The van der Waals surface area contributed by atoms with Gasteiger partial charge in [-0.1, -0.05) is 48.0 Å². The smallest absolute Gasteiger partial charge is 0.404 e. The zero-order valence-electron chi connectivity index (χ0n) is 11.2. The highest BCUT2D eigenvalue weighted by molar-refractivity contribution is 6.75. The molecule has 20 heavy (non-hydrogen) atoms. The normalized spacial score (nSPS) is 12.6. The van der Waals surface area contributed by atoms with Gasteiger partial charge >= 0.3 is 6.98 Å². The zero-order chi connectivity index (χ0) is 13.5. The predicted octanol–water partition coefficient (Wildman–Crippen LogP) is 2.53. The Hall–Kier alpha value is -2.49. The molecule has 0 fully saturated rings. The molecule has 0 bridgehead atoms. The minimum Gasteiger partial charge on any atom is -0.404 e. The van der Waals surface area contributed by atoms with Gasteiger partial charge < -0.3 is 5.23 Å². The summed E-state index contributed by atoms with van der Waals surface area (Å²) in [5.41, 5.74) is 6.00. The summed E-state index contributed by atoms with van der Waals surface area (Å²) in [5.74, 6) is 0. The van der Waals surface area contributed by atoms with Gasteiger partial charge in [0.2, 0.25) is 0 Å². The van der Waals surface area contributed by atoms with E-state index in [2.05, 4.69) is 71.8 Å². The molecule has 4 rings (SSSR count). The van der Waals surface area contributed by atoms with E-state index in [1.54, 1.807) is 0 Å². The largest absolute Gasteiger partial charge is 0.430 e. The molecule has 0 aliphatic carbocycles. The van der Waals surface area contributed by atoms with Crippen LogP contribution in [0.2, 0.25) is 0 Å². The van der Waals surface area contributed by atoms with Gasteiger partial charge in [-0.25, -0.2) is 0 Å². The van der Waals surface area contributed by atoms with Crippen LogP contribution in [-0.2, 0) is 0 Å². The topological polar surface area (TPSA) is 29.9 Å². The lowest BCUT2D eigenvalue weighted by atomic mass is 9.66. The van der Waals surface area contributed by atoms with Crippen molar-refractivity contribution in [2.24, 2.45) is 0 Å². The van der Waals surface area contributed by atoms with Crippen molar-refractivity contribution in [1.82, 2.24) is 9.69 Å². The molecule has 1 aliphatic rings. The lowest BCUT2D eigenvalue weighted by molar-refractivity contribution is 0.963. The number of nitrogens with one attached hydrogen (secondary N) is 1. The zero-order valence-corrected chi connectivity index (χ0v) is 11.2. The van der Waals surface area contributed by atoms with Gasteiger partial charge in [-0.15, -0.1) is 0 Å². The van der Waals surface area contributed by atoms with E-state index >= 15 is 0 Å². The first kappa shape index (κ1) is 11.4. The third kappa shape index (κ3) is 1.65. The summed E-state index contributed by atoms with van der Waals surface area (Å²) in [5, 5.41) is 8.07. The van der Waals surface area contributed by atoms with Crippen LogP contribution in [0.1, 0.15) is 5.56 Å². The van der Waals surface area contributed by atoms with Crippen molar-refractivity contribution >= 4 is 18.1 Å². The quantitative estimate of drug-likeness (QED) is 0.680. The minimum absolute atomic E-state index is 0.0514. The molecule has 4 heteroatoms. The first-order chi connectivity index (χ1) is 9.83. The van der Waals surface area contributed by atoms with Crippen molar-refractivity contribution in [3.05, 3.63) is 66.4 Å². The lowest BCUT2D eigenvalue weighted by Crippen LogP contribution is -2.48. The van der Waals surface area contributed by atoms with Gasteiger partial charge in [0, 0.05) is 17.4 Å². The van der Waals surface area contributed by atoms with Crippen molar-refractivity contribution in [2.75, 3.05) is 5.23 Å². The Balaban J connectivity index is 1.87. The van der Waals surface area contributed by atoms with E-state index in [1.807, 2.05) is 10.8 Å². The Labute approximate surface area is 118 Å². The van der Waals surface area contributed by atoms with Crippen molar-refractivity contribution in [3.63, 3.8) is 0 Å². The fourth-order valence-corrected chi connectivity index (χ4v) is 2.75. The van der Waals surface area contributed by atoms with Crippen LogP contribution in [0.4, 0.5) is 5.69 Å². The molecule has 1 N–H and O–H groups in total. The van der Waals surface area contributed by atoms with Gasteiger partial charge in [0.05, 0.1) is 5.69 Å². The molecule has 0 spiro atoms.